The Morgan fingerprint density at radius 2 is 2.07 bits per heavy atom. The summed E-state index contributed by atoms with van der Waals surface area (Å²) in [6, 6.07) is 9.89. The lowest BCUT2D eigenvalue weighted by molar-refractivity contribution is -0.145. The van der Waals surface area contributed by atoms with Gasteiger partial charge in [0.1, 0.15) is 5.54 Å². The van der Waals surface area contributed by atoms with Crippen LogP contribution in [0.2, 0.25) is 0 Å². The molecule has 4 heteroatoms. The molecule has 0 atom stereocenters. The Morgan fingerprint density at radius 3 is 2.53 bits per heavy atom. The van der Waals surface area contributed by atoms with Gasteiger partial charge in [0.25, 0.3) is 0 Å². The maximum atomic E-state index is 11.2. The average molecular weight is 206 g/mol. The zero-order valence-electron chi connectivity index (χ0n) is 8.40. The lowest BCUT2D eigenvalue weighted by atomic mass is 9.96. The van der Waals surface area contributed by atoms with Crippen LogP contribution in [0.3, 0.4) is 0 Å². The molecule has 1 fully saturated rings. The average Bonchev–Trinajstić information content (AvgIpc) is 2.17. The van der Waals surface area contributed by atoms with Gasteiger partial charge in [-0.1, -0.05) is 30.3 Å². The number of hydrogen-bond donors (Lipinski definition) is 2. The minimum absolute atomic E-state index is 0.343. The summed E-state index contributed by atoms with van der Waals surface area (Å²) in [6.45, 7) is 1.37. The van der Waals surface area contributed by atoms with Crippen molar-refractivity contribution in [1.29, 1.82) is 0 Å². The number of carbonyl (C=O) groups excluding carboxylic acids is 1. The summed E-state index contributed by atoms with van der Waals surface area (Å²) in [4.78, 5) is 11.2. The van der Waals surface area contributed by atoms with Gasteiger partial charge in [0, 0.05) is 6.54 Å². The summed E-state index contributed by atoms with van der Waals surface area (Å²) in [7, 11) is 0. The Kier molecular flexibility index (Phi) is 2.70. The van der Waals surface area contributed by atoms with Crippen LogP contribution in [0.25, 0.3) is 0 Å². The van der Waals surface area contributed by atoms with Gasteiger partial charge in [-0.05, 0) is 5.56 Å². The normalized spacial score (nSPS) is 18.1. The van der Waals surface area contributed by atoms with E-state index in [4.69, 9.17) is 10.5 Å². The summed E-state index contributed by atoms with van der Waals surface area (Å²) >= 11 is 0. The Morgan fingerprint density at radius 1 is 1.40 bits per heavy atom. The lowest BCUT2D eigenvalue weighted by Crippen LogP contribution is -2.67. The highest BCUT2D eigenvalue weighted by molar-refractivity contribution is 5.86. The second kappa shape index (κ2) is 4.00. The SMILES string of the molecule is NC(=O)C1(NCc2ccccc2)COC1. The largest absolute Gasteiger partial charge is 0.376 e. The third-order valence-corrected chi connectivity index (χ3v) is 2.64. The fraction of sp³-hybridized carbons (Fsp3) is 0.364. The number of nitrogens with one attached hydrogen (secondary N) is 1. The molecule has 15 heavy (non-hydrogen) atoms. The van der Waals surface area contributed by atoms with Gasteiger partial charge in [0.15, 0.2) is 0 Å². The van der Waals surface area contributed by atoms with Crippen molar-refractivity contribution in [2.45, 2.75) is 12.1 Å². The van der Waals surface area contributed by atoms with Crippen molar-refractivity contribution in [1.82, 2.24) is 5.32 Å². The van der Waals surface area contributed by atoms with Crippen molar-refractivity contribution in [3.05, 3.63) is 35.9 Å². The van der Waals surface area contributed by atoms with E-state index < -0.39 is 5.54 Å². The van der Waals surface area contributed by atoms with E-state index >= 15 is 0 Å². The molecule has 1 aromatic rings. The van der Waals surface area contributed by atoms with Crippen LogP contribution in [0.5, 0.6) is 0 Å². The number of amides is 1. The molecule has 2 rings (SSSR count). The molecule has 0 aliphatic carbocycles. The van der Waals surface area contributed by atoms with Gasteiger partial charge in [-0.25, -0.2) is 0 Å². The van der Waals surface area contributed by atoms with Crippen LogP contribution in [0.4, 0.5) is 0 Å². The fourth-order valence-electron chi connectivity index (χ4n) is 1.50. The van der Waals surface area contributed by atoms with Gasteiger partial charge in [0.2, 0.25) is 5.91 Å². The molecular weight excluding hydrogens is 192 g/mol. The molecule has 1 aromatic carbocycles. The number of rotatable bonds is 4. The highest BCUT2D eigenvalue weighted by Crippen LogP contribution is 2.17. The molecule has 4 nitrogen and oxygen atoms in total. The molecule has 1 heterocycles. The molecule has 0 unspecified atom stereocenters. The molecule has 0 radical (unpaired) electrons. The summed E-state index contributed by atoms with van der Waals surface area (Å²) in [5.41, 5.74) is 5.79. The molecule has 0 aromatic heterocycles. The van der Waals surface area contributed by atoms with Crippen molar-refractivity contribution in [3.63, 3.8) is 0 Å². The number of carbonyl (C=O) groups is 1. The van der Waals surface area contributed by atoms with Gasteiger partial charge in [0.05, 0.1) is 13.2 Å². The van der Waals surface area contributed by atoms with E-state index in [1.807, 2.05) is 30.3 Å². The maximum Gasteiger partial charge on any atom is 0.242 e. The van der Waals surface area contributed by atoms with Crippen molar-refractivity contribution in [2.75, 3.05) is 13.2 Å². The highest BCUT2D eigenvalue weighted by atomic mass is 16.5. The van der Waals surface area contributed by atoms with E-state index in [0.717, 1.165) is 5.56 Å². The van der Waals surface area contributed by atoms with E-state index in [0.29, 0.717) is 19.8 Å². The first-order valence-corrected chi connectivity index (χ1v) is 4.90. The fourth-order valence-corrected chi connectivity index (χ4v) is 1.50. The summed E-state index contributed by atoms with van der Waals surface area (Å²) in [6.07, 6.45) is 0. The van der Waals surface area contributed by atoms with Gasteiger partial charge < -0.3 is 10.5 Å². The molecule has 1 aliphatic rings. The standard InChI is InChI=1S/C11H14N2O2/c12-10(14)11(7-15-8-11)13-6-9-4-2-1-3-5-9/h1-5,13H,6-8H2,(H2,12,14). The quantitative estimate of drug-likeness (QED) is 0.730. The summed E-state index contributed by atoms with van der Waals surface area (Å²) in [5, 5.41) is 3.15. The first-order chi connectivity index (χ1) is 7.23. The van der Waals surface area contributed by atoms with Crippen molar-refractivity contribution in [3.8, 4) is 0 Å². The maximum absolute atomic E-state index is 11.2. The monoisotopic (exact) mass is 206 g/mol. The van der Waals surface area contributed by atoms with Crippen molar-refractivity contribution in [2.24, 2.45) is 5.73 Å². The third-order valence-electron chi connectivity index (χ3n) is 2.64. The minimum atomic E-state index is -0.657. The zero-order valence-corrected chi connectivity index (χ0v) is 8.40. The number of ether oxygens (including phenoxy) is 1. The molecular formula is C11H14N2O2. The van der Waals surface area contributed by atoms with Crippen LogP contribution in [0.15, 0.2) is 30.3 Å². The number of hydrogen-bond acceptors (Lipinski definition) is 3. The molecule has 1 saturated heterocycles. The smallest absolute Gasteiger partial charge is 0.242 e. The van der Waals surface area contributed by atoms with Crippen LogP contribution in [0, 0.1) is 0 Å². The number of primary amides is 1. The molecule has 3 N–H and O–H groups in total. The summed E-state index contributed by atoms with van der Waals surface area (Å²) in [5.74, 6) is -0.343. The zero-order chi connectivity index (χ0) is 10.7. The number of benzene rings is 1. The third kappa shape index (κ3) is 2.00. The van der Waals surface area contributed by atoms with Gasteiger partial charge in [-0.2, -0.15) is 0 Å². The van der Waals surface area contributed by atoms with E-state index in [1.54, 1.807) is 0 Å². The molecule has 0 saturated carbocycles. The van der Waals surface area contributed by atoms with Crippen LogP contribution in [0.1, 0.15) is 5.56 Å². The Hall–Kier alpha value is -1.39. The second-order valence-electron chi connectivity index (χ2n) is 3.78. The molecule has 0 spiro atoms. The lowest BCUT2D eigenvalue weighted by Gasteiger charge is -2.39. The topological polar surface area (TPSA) is 64.4 Å². The van der Waals surface area contributed by atoms with E-state index in [2.05, 4.69) is 5.32 Å². The van der Waals surface area contributed by atoms with Crippen LogP contribution in [-0.2, 0) is 16.1 Å². The predicted octanol–water partition coefficient (Wildman–Crippen LogP) is 0.0305. The Balaban J connectivity index is 1.95. The Labute approximate surface area is 88.4 Å². The van der Waals surface area contributed by atoms with Crippen LogP contribution in [-0.4, -0.2) is 24.7 Å². The van der Waals surface area contributed by atoms with Gasteiger partial charge in [-0.3, -0.25) is 10.1 Å². The minimum Gasteiger partial charge on any atom is -0.376 e. The van der Waals surface area contributed by atoms with E-state index in [1.165, 1.54) is 0 Å². The van der Waals surface area contributed by atoms with E-state index in [9.17, 15) is 4.79 Å². The van der Waals surface area contributed by atoms with Crippen LogP contribution < -0.4 is 11.1 Å². The molecule has 80 valence electrons. The van der Waals surface area contributed by atoms with Gasteiger partial charge >= 0.3 is 0 Å². The van der Waals surface area contributed by atoms with Crippen molar-refractivity contribution >= 4 is 5.91 Å². The molecule has 0 bridgehead atoms. The molecule has 1 amide bonds. The van der Waals surface area contributed by atoms with Crippen molar-refractivity contribution < 1.29 is 9.53 Å². The Bertz CT molecular complexity index is 347. The first kappa shape index (κ1) is 10.1. The first-order valence-electron chi connectivity index (χ1n) is 4.90. The van der Waals surface area contributed by atoms with Crippen LogP contribution >= 0.6 is 0 Å². The van der Waals surface area contributed by atoms with Gasteiger partial charge in [-0.15, -0.1) is 0 Å². The van der Waals surface area contributed by atoms with E-state index in [-0.39, 0.29) is 5.91 Å². The number of nitrogens with two attached hydrogens (primary N) is 1. The summed E-state index contributed by atoms with van der Waals surface area (Å²) < 4.78 is 5.02. The predicted molar refractivity (Wildman–Crippen MR) is 56.0 cm³/mol. The molecule has 1 aliphatic heterocycles. The second-order valence-corrected chi connectivity index (χ2v) is 3.78. The highest BCUT2D eigenvalue weighted by Gasteiger charge is 2.43.